The third kappa shape index (κ3) is 6.99. The number of aryl methyl sites for hydroxylation is 1. The van der Waals surface area contributed by atoms with E-state index in [1.165, 1.54) is 0 Å². The minimum atomic E-state index is 0.208. The Morgan fingerprint density at radius 2 is 1.52 bits per heavy atom. The van der Waals surface area contributed by atoms with Crippen molar-refractivity contribution in [3.05, 3.63) is 17.7 Å². The van der Waals surface area contributed by atoms with Gasteiger partial charge in [-0.25, -0.2) is 5.53 Å². The summed E-state index contributed by atoms with van der Waals surface area (Å²) >= 11 is 0. The summed E-state index contributed by atoms with van der Waals surface area (Å²) in [7, 11) is 0. The normalized spacial score (nSPS) is 10.6. The first kappa shape index (κ1) is 19.4. The molecule has 1 aromatic carbocycles. The predicted molar refractivity (Wildman–Crippen MR) is 92.1 cm³/mol. The first-order valence-electron chi connectivity index (χ1n) is 8.67. The largest absolute Gasteiger partial charge is 0.491 e. The average molecular weight is 322 g/mol. The fourth-order valence-electron chi connectivity index (χ4n) is 2.21. The molecule has 0 saturated heterocycles. The second-order valence-electron chi connectivity index (χ2n) is 5.64. The molecule has 0 aromatic heterocycles. The lowest BCUT2D eigenvalue weighted by atomic mass is 10.1. The molecule has 1 rings (SSSR count). The van der Waals surface area contributed by atoms with Gasteiger partial charge in [-0.05, 0) is 49.8 Å². The molecule has 0 saturated carbocycles. The second kappa shape index (κ2) is 11.9. The summed E-state index contributed by atoms with van der Waals surface area (Å²) in [6.07, 6.45) is 6.61. The lowest BCUT2D eigenvalue weighted by molar-refractivity contribution is 0.284. The summed E-state index contributed by atoms with van der Waals surface area (Å²) in [6, 6.07) is 3.90. The molecule has 2 N–H and O–H groups in total. The molecule has 0 unspecified atom stereocenters. The van der Waals surface area contributed by atoms with E-state index in [4.69, 9.17) is 20.1 Å². The van der Waals surface area contributed by atoms with E-state index in [0.29, 0.717) is 30.4 Å². The van der Waals surface area contributed by atoms with Crippen LogP contribution in [-0.2, 0) is 6.42 Å². The van der Waals surface area contributed by atoms with Crippen LogP contribution in [0.5, 0.6) is 11.5 Å². The van der Waals surface area contributed by atoms with Gasteiger partial charge in [0.2, 0.25) is 0 Å². The molecule has 0 aliphatic carbocycles. The number of ether oxygens (including phenoxy) is 2. The number of aliphatic hydroxyl groups is 1. The van der Waals surface area contributed by atoms with Crippen LogP contribution in [0.2, 0.25) is 0 Å². The van der Waals surface area contributed by atoms with Crippen molar-refractivity contribution in [1.29, 1.82) is 5.53 Å². The van der Waals surface area contributed by atoms with Crippen LogP contribution in [0, 0.1) is 5.53 Å². The molecule has 0 radical (unpaired) electrons. The van der Waals surface area contributed by atoms with Crippen molar-refractivity contribution >= 4 is 5.69 Å². The van der Waals surface area contributed by atoms with Crippen LogP contribution in [0.1, 0.15) is 57.9 Å². The van der Waals surface area contributed by atoms with Gasteiger partial charge >= 0.3 is 0 Å². The molecule has 5 heteroatoms. The number of rotatable bonds is 13. The van der Waals surface area contributed by atoms with Crippen molar-refractivity contribution < 1.29 is 14.6 Å². The maximum atomic E-state index is 8.93. The fraction of sp³-hybridized carbons (Fsp3) is 0.667. The fourth-order valence-corrected chi connectivity index (χ4v) is 2.21. The summed E-state index contributed by atoms with van der Waals surface area (Å²) in [5.74, 6) is 1.25. The van der Waals surface area contributed by atoms with Gasteiger partial charge in [-0.1, -0.05) is 26.7 Å². The van der Waals surface area contributed by atoms with Crippen molar-refractivity contribution in [3.8, 4) is 11.5 Å². The number of unbranched alkanes of at least 4 members (excludes halogenated alkanes) is 3. The molecule has 0 heterocycles. The zero-order valence-corrected chi connectivity index (χ0v) is 14.4. The molecule has 130 valence electrons. The Balaban J connectivity index is 2.94. The van der Waals surface area contributed by atoms with Gasteiger partial charge in [0.05, 0.1) is 13.2 Å². The zero-order valence-electron chi connectivity index (χ0n) is 14.4. The smallest absolute Gasteiger partial charge is 0.169 e. The van der Waals surface area contributed by atoms with E-state index in [-0.39, 0.29) is 6.61 Å². The number of benzene rings is 1. The maximum absolute atomic E-state index is 8.93. The summed E-state index contributed by atoms with van der Waals surface area (Å²) in [6.45, 7) is 5.67. The van der Waals surface area contributed by atoms with Gasteiger partial charge in [0.1, 0.15) is 0 Å². The average Bonchev–Trinajstić information content (AvgIpc) is 2.55. The highest BCUT2D eigenvalue weighted by Gasteiger charge is 2.13. The quantitative estimate of drug-likeness (QED) is 0.395. The monoisotopic (exact) mass is 322 g/mol. The Kier molecular flexibility index (Phi) is 10.0. The molecule has 0 spiro atoms. The van der Waals surface area contributed by atoms with E-state index in [0.717, 1.165) is 50.5 Å². The molecule has 0 bridgehead atoms. The Morgan fingerprint density at radius 1 is 0.957 bits per heavy atom. The summed E-state index contributed by atoms with van der Waals surface area (Å²) in [4.78, 5) is 0. The first-order chi connectivity index (χ1) is 11.3. The van der Waals surface area contributed by atoms with E-state index in [9.17, 15) is 0 Å². The summed E-state index contributed by atoms with van der Waals surface area (Å²) < 4.78 is 11.6. The molecule has 5 nitrogen and oxygen atoms in total. The van der Waals surface area contributed by atoms with E-state index in [1.54, 1.807) is 0 Å². The summed E-state index contributed by atoms with van der Waals surface area (Å²) in [5, 5.41) is 12.6. The molecule has 23 heavy (non-hydrogen) atoms. The standard InChI is InChI=1S/C18H30N2O3/c1-3-5-11-22-16-13-15(9-7-8-10-21)14-17(18(16)20-19)23-12-6-4-2/h13-14,19,21H,3-12H2,1-2H3. The van der Waals surface area contributed by atoms with Gasteiger partial charge in [-0.15, -0.1) is 0 Å². The molecule has 0 aliphatic heterocycles. The Morgan fingerprint density at radius 3 is 1.96 bits per heavy atom. The second-order valence-corrected chi connectivity index (χ2v) is 5.64. The summed E-state index contributed by atoms with van der Waals surface area (Å²) in [5.41, 5.74) is 9.03. The van der Waals surface area contributed by atoms with Gasteiger partial charge in [-0.2, -0.15) is 5.11 Å². The van der Waals surface area contributed by atoms with E-state index < -0.39 is 0 Å². The Hall–Kier alpha value is -1.62. The highest BCUT2D eigenvalue weighted by atomic mass is 16.5. The molecule has 0 aliphatic rings. The van der Waals surface area contributed by atoms with Crippen molar-refractivity contribution in [2.24, 2.45) is 5.11 Å². The van der Waals surface area contributed by atoms with E-state index in [2.05, 4.69) is 19.0 Å². The third-order valence-corrected chi connectivity index (χ3v) is 3.60. The van der Waals surface area contributed by atoms with Crippen LogP contribution in [-0.4, -0.2) is 24.9 Å². The SMILES string of the molecule is CCCCOc1cc(CCCCO)cc(OCCCC)c1N=N. The molecule has 0 amide bonds. The Bertz CT molecular complexity index is 433. The van der Waals surface area contributed by atoms with Crippen LogP contribution in [0.25, 0.3) is 0 Å². The number of nitrogens with zero attached hydrogens (tertiary/aromatic N) is 1. The lowest BCUT2D eigenvalue weighted by Crippen LogP contribution is -2.02. The molecular formula is C18H30N2O3. The van der Waals surface area contributed by atoms with Crippen molar-refractivity contribution in [2.75, 3.05) is 19.8 Å². The van der Waals surface area contributed by atoms with E-state index in [1.807, 2.05) is 12.1 Å². The van der Waals surface area contributed by atoms with Crippen LogP contribution in [0.15, 0.2) is 17.2 Å². The van der Waals surface area contributed by atoms with Crippen molar-refractivity contribution in [3.63, 3.8) is 0 Å². The molecule has 0 atom stereocenters. The first-order valence-corrected chi connectivity index (χ1v) is 8.67. The van der Waals surface area contributed by atoms with Crippen LogP contribution < -0.4 is 9.47 Å². The zero-order chi connectivity index (χ0) is 16.9. The number of aliphatic hydroxyl groups excluding tert-OH is 1. The van der Waals surface area contributed by atoms with Crippen LogP contribution in [0.4, 0.5) is 5.69 Å². The van der Waals surface area contributed by atoms with Gasteiger partial charge in [-0.3, -0.25) is 0 Å². The van der Waals surface area contributed by atoms with Crippen LogP contribution >= 0.6 is 0 Å². The lowest BCUT2D eigenvalue weighted by Gasteiger charge is -2.15. The highest BCUT2D eigenvalue weighted by molar-refractivity contribution is 5.63. The van der Waals surface area contributed by atoms with Gasteiger partial charge in [0.15, 0.2) is 17.2 Å². The third-order valence-electron chi connectivity index (χ3n) is 3.60. The topological polar surface area (TPSA) is 74.9 Å². The number of hydrogen-bond donors (Lipinski definition) is 2. The van der Waals surface area contributed by atoms with Crippen LogP contribution in [0.3, 0.4) is 0 Å². The van der Waals surface area contributed by atoms with Crippen molar-refractivity contribution in [1.82, 2.24) is 0 Å². The maximum Gasteiger partial charge on any atom is 0.169 e. The minimum Gasteiger partial charge on any atom is -0.491 e. The van der Waals surface area contributed by atoms with Gasteiger partial charge < -0.3 is 14.6 Å². The Labute approximate surface area is 139 Å². The van der Waals surface area contributed by atoms with E-state index >= 15 is 0 Å². The molecule has 1 aromatic rings. The highest BCUT2D eigenvalue weighted by Crippen LogP contribution is 2.39. The molecule has 0 fully saturated rings. The minimum absolute atomic E-state index is 0.208. The predicted octanol–water partition coefficient (Wildman–Crippen LogP) is 5.02. The van der Waals surface area contributed by atoms with Crippen molar-refractivity contribution in [2.45, 2.75) is 58.8 Å². The molecular weight excluding hydrogens is 292 g/mol. The van der Waals surface area contributed by atoms with Gasteiger partial charge in [0.25, 0.3) is 0 Å². The number of nitrogens with one attached hydrogen (secondary N) is 1. The van der Waals surface area contributed by atoms with Gasteiger partial charge in [0, 0.05) is 6.61 Å². The number of hydrogen-bond acceptors (Lipinski definition) is 5.